The summed E-state index contributed by atoms with van der Waals surface area (Å²) >= 11 is 0. The summed E-state index contributed by atoms with van der Waals surface area (Å²) in [5, 5.41) is 14.7. The van der Waals surface area contributed by atoms with Crippen LogP contribution in [0.25, 0.3) is 0 Å². The van der Waals surface area contributed by atoms with Crippen molar-refractivity contribution in [1.82, 2.24) is 30.4 Å². The van der Waals surface area contributed by atoms with Gasteiger partial charge in [-0.1, -0.05) is 37.6 Å². The molecule has 0 bridgehead atoms. The second-order valence-electron chi connectivity index (χ2n) is 8.44. The highest BCUT2D eigenvalue weighted by atomic mass is 16.2. The van der Waals surface area contributed by atoms with Gasteiger partial charge in [0.2, 0.25) is 5.91 Å². The van der Waals surface area contributed by atoms with Gasteiger partial charge in [-0.05, 0) is 54.9 Å². The van der Waals surface area contributed by atoms with Gasteiger partial charge in [0.25, 0.3) is 0 Å². The predicted octanol–water partition coefficient (Wildman–Crippen LogP) is 2.36. The van der Waals surface area contributed by atoms with Gasteiger partial charge >= 0.3 is 0 Å². The summed E-state index contributed by atoms with van der Waals surface area (Å²) in [5.74, 6) is 1.17. The lowest BCUT2D eigenvalue weighted by atomic mass is 9.85. The first kappa shape index (κ1) is 19.7. The van der Waals surface area contributed by atoms with Gasteiger partial charge in [0.05, 0.1) is 12.1 Å². The maximum atomic E-state index is 12.8. The van der Waals surface area contributed by atoms with E-state index >= 15 is 0 Å². The molecule has 0 radical (unpaired) electrons. The molecule has 2 heterocycles. The van der Waals surface area contributed by atoms with E-state index in [1.807, 2.05) is 0 Å². The van der Waals surface area contributed by atoms with Crippen molar-refractivity contribution in [2.45, 2.75) is 58.5 Å². The molecular weight excluding hydrogens is 340 g/mol. The van der Waals surface area contributed by atoms with Gasteiger partial charge in [0.15, 0.2) is 0 Å². The molecule has 0 spiro atoms. The van der Waals surface area contributed by atoms with E-state index in [0.717, 1.165) is 38.8 Å². The monoisotopic (exact) mass is 372 g/mol. The van der Waals surface area contributed by atoms with E-state index < -0.39 is 0 Å². The first-order valence-electron chi connectivity index (χ1n) is 10.0. The van der Waals surface area contributed by atoms with Gasteiger partial charge in [0.1, 0.15) is 6.33 Å². The summed E-state index contributed by atoms with van der Waals surface area (Å²) in [6.45, 7) is 12.8. The van der Waals surface area contributed by atoms with Crippen LogP contribution in [0.5, 0.6) is 0 Å². The summed E-state index contributed by atoms with van der Waals surface area (Å²) in [6.07, 6.45) is 8.07. The molecule has 7 heteroatoms. The van der Waals surface area contributed by atoms with Crippen LogP contribution in [0.15, 0.2) is 30.1 Å². The van der Waals surface area contributed by atoms with Crippen LogP contribution < -0.4 is 5.32 Å². The average molecular weight is 373 g/mol. The third kappa shape index (κ3) is 5.03. The molecule has 0 unspecified atom stereocenters. The number of hydrogen-bond donors (Lipinski definition) is 1. The molecule has 2 aliphatic rings. The van der Waals surface area contributed by atoms with Crippen molar-refractivity contribution >= 4 is 5.91 Å². The fourth-order valence-corrected chi connectivity index (χ4v) is 4.02. The predicted molar refractivity (Wildman–Crippen MR) is 105 cm³/mol. The van der Waals surface area contributed by atoms with E-state index in [-0.39, 0.29) is 18.0 Å². The highest BCUT2D eigenvalue weighted by molar-refractivity contribution is 5.82. The van der Waals surface area contributed by atoms with Crippen molar-refractivity contribution in [2.75, 3.05) is 19.6 Å². The number of aromatic nitrogens is 4. The summed E-state index contributed by atoms with van der Waals surface area (Å²) in [5.41, 5.74) is 2.71. The first-order chi connectivity index (χ1) is 12.9. The molecule has 148 valence electrons. The molecule has 1 aliphatic carbocycles. The van der Waals surface area contributed by atoms with E-state index in [4.69, 9.17) is 0 Å². The van der Waals surface area contributed by atoms with E-state index in [9.17, 15) is 4.79 Å². The fourth-order valence-electron chi connectivity index (χ4n) is 4.02. The van der Waals surface area contributed by atoms with Crippen LogP contribution in [-0.4, -0.2) is 56.7 Å². The normalized spacial score (nSPS) is 26.2. The van der Waals surface area contributed by atoms with E-state index in [2.05, 4.69) is 59.2 Å². The molecule has 1 fully saturated rings. The molecule has 0 saturated carbocycles. The highest BCUT2D eigenvalue weighted by Crippen LogP contribution is 2.32. The molecule has 1 amide bonds. The van der Waals surface area contributed by atoms with E-state index in [0.29, 0.717) is 18.4 Å². The van der Waals surface area contributed by atoms with Crippen LogP contribution in [-0.2, 0) is 4.79 Å². The molecule has 1 aliphatic heterocycles. The lowest BCUT2D eigenvalue weighted by molar-refractivity contribution is -0.125. The molecule has 1 aromatic heterocycles. The Morgan fingerprint density at radius 1 is 1.44 bits per heavy atom. The Morgan fingerprint density at radius 3 is 2.85 bits per heavy atom. The zero-order valence-corrected chi connectivity index (χ0v) is 16.8. The number of carbonyl (C=O) groups is 1. The van der Waals surface area contributed by atoms with Crippen molar-refractivity contribution in [3.8, 4) is 0 Å². The van der Waals surface area contributed by atoms with E-state index in [1.54, 1.807) is 11.0 Å². The second kappa shape index (κ2) is 8.78. The largest absolute Gasteiger partial charge is 0.354 e. The molecule has 3 atom stereocenters. The molecule has 7 nitrogen and oxygen atoms in total. The Morgan fingerprint density at radius 2 is 2.26 bits per heavy atom. The van der Waals surface area contributed by atoms with Crippen LogP contribution in [0.3, 0.4) is 0 Å². The third-order valence-corrected chi connectivity index (χ3v) is 5.72. The van der Waals surface area contributed by atoms with Crippen molar-refractivity contribution in [3.05, 3.63) is 30.1 Å². The minimum Gasteiger partial charge on any atom is -0.354 e. The SMILES string of the molecule is C=C(C)[C@@H]1CC=C(CN2C[C@H](n3cnnn3)C[C@H]2C(=O)NCC(C)C)CC1. The Labute approximate surface area is 161 Å². The molecule has 0 aromatic carbocycles. The zero-order valence-electron chi connectivity index (χ0n) is 16.8. The molecule has 27 heavy (non-hydrogen) atoms. The van der Waals surface area contributed by atoms with Crippen molar-refractivity contribution in [2.24, 2.45) is 11.8 Å². The average Bonchev–Trinajstić information content (AvgIpc) is 3.29. The topological polar surface area (TPSA) is 75.9 Å². The molecule has 1 aromatic rings. The maximum Gasteiger partial charge on any atom is 0.237 e. The lowest BCUT2D eigenvalue weighted by Gasteiger charge is -2.28. The second-order valence-corrected chi connectivity index (χ2v) is 8.44. The minimum absolute atomic E-state index is 0.121. The Bertz CT molecular complexity index is 681. The molecule has 1 N–H and O–H groups in total. The van der Waals surface area contributed by atoms with Gasteiger partial charge in [-0.25, -0.2) is 4.68 Å². The summed E-state index contributed by atoms with van der Waals surface area (Å²) in [4.78, 5) is 15.1. The summed E-state index contributed by atoms with van der Waals surface area (Å²) in [6, 6.07) is 0.0138. The van der Waals surface area contributed by atoms with Crippen LogP contribution in [0.4, 0.5) is 0 Å². The van der Waals surface area contributed by atoms with Gasteiger partial charge in [-0.15, -0.1) is 5.10 Å². The summed E-state index contributed by atoms with van der Waals surface area (Å²) in [7, 11) is 0. The third-order valence-electron chi connectivity index (χ3n) is 5.72. The Hall–Kier alpha value is -2.02. The first-order valence-corrected chi connectivity index (χ1v) is 10.0. The summed E-state index contributed by atoms with van der Waals surface area (Å²) < 4.78 is 1.79. The number of carbonyl (C=O) groups excluding carboxylic acids is 1. The van der Waals surface area contributed by atoms with Crippen molar-refractivity contribution < 1.29 is 4.79 Å². The molecular formula is C20H32N6O. The number of tetrazole rings is 1. The number of nitrogens with zero attached hydrogens (tertiary/aromatic N) is 5. The Balaban J connectivity index is 1.67. The van der Waals surface area contributed by atoms with Gasteiger partial charge in [-0.2, -0.15) is 0 Å². The number of rotatable bonds is 7. The van der Waals surface area contributed by atoms with Crippen molar-refractivity contribution in [1.29, 1.82) is 0 Å². The lowest BCUT2D eigenvalue weighted by Crippen LogP contribution is -2.45. The number of amides is 1. The minimum atomic E-state index is -0.127. The van der Waals surface area contributed by atoms with Crippen molar-refractivity contribution in [3.63, 3.8) is 0 Å². The van der Waals surface area contributed by atoms with Gasteiger partial charge in [-0.3, -0.25) is 9.69 Å². The number of hydrogen-bond acceptors (Lipinski definition) is 5. The molecule has 3 rings (SSSR count). The smallest absolute Gasteiger partial charge is 0.237 e. The fraction of sp³-hybridized carbons (Fsp3) is 0.700. The quantitative estimate of drug-likeness (QED) is 0.744. The van der Waals surface area contributed by atoms with Crippen LogP contribution in [0, 0.1) is 11.8 Å². The zero-order chi connectivity index (χ0) is 19.4. The number of nitrogens with one attached hydrogen (secondary N) is 1. The van der Waals surface area contributed by atoms with E-state index in [1.165, 1.54) is 11.1 Å². The molecule has 1 saturated heterocycles. The highest BCUT2D eigenvalue weighted by Gasteiger charge is 2.38. The maximum absolute atomic E-state index is 12.8. The standard InChI is InChI=1S/C20H32N6O/c1-14(2)10-21-20(27)19-9-18(26-13-22-23-24-26)12-25(19)11-16-5-7-17(8-6-16)15(3)4/h5,13-14,17-19H,3,6-12H2,1-2,4H3,(H,21,27)/t17-,18-,19+/m1/s1. The van der Waals surface area contributed by atoms with Crippen LogP contribution in [0.2, 0.25) is 0 Å². The van der Waals surface area contributed by atoms with Crippen LogP contribution >= 0.6 is 0 Å². The van der Waals surface area contributed by atoms with Gasteiger partial charge in [0, 0.05) is 19.6 Å². The number of likely N-dealkylation sites (tertiary alicyclic amines) is 1. The van der Waals surface area contributed by atoms with Gasteiger partial charge < -0.3 is 5.32 Å². The Kier molecular flexibility index (Phi) is 6.42. The van der Waals surface area contributed by atoms with Crippen LogP contribution in [0.1, 0.15) is 52.5 Å². The number of allylic oxidation sites excluding steroid dienone is 2.